The van der Waals surface area contributed by atoms with Gasteiger partial charge in [-0.1, -0.05) is 0 Å². The average Bonchev–Trinajstić information content (AvgIpc) is 2.30. The van der Waals surface area contributed by atoms with Crippen LogP contribution in [0.15, 0.2) is 0 Å². The van der Waals surface area contributed by atoms with Crippen LogP contribution >= 0.6 is 0 Å². The van der Waals surface area contributed by atoms with Crippen molar-refractivity contribution < 1.29 is 7.93 Å². The Labute approximate surface area is 130 Å². The van der Waals surface area contributed by atoms with Crippen LogP contribution in [0.25, 0.3) is 0 Å². The average molecular weight is 488 g/mol. The minimum absolute atomic E-state index is 0.746. The molecule has 0 aromatic rings. The summed E-state index contributed by atoms with van der Waals surface area (Å²) in [6.45, 7) is 11.5. The molecule has 0 heterocycles. The van der Waals surface area contributed by atoms with Gasteiger partial charge in [0.05, 0.1) is 0 Å². The molecule has 0 aliphatic rings. The predicted octanol–water partition coefficient (Wildman–Crippen LogP) is 4.56. The molecule has 0 unspecified atom stereocenters. The first-order chi connectivity index (χ1) is 9.01. The molecule has 0 atom stereocenters. The Morgan fingerprint density at radius 1 is 0.737 bits per heavy atom. The number of hydrogen-bond donors (Lipinski definition) is 1. The van der Waals surface area contributed by atoms with Crippen LogP contribution in [0.5, 0.6) is 0 Å². The Morgan fingerprint density at radius 3 is 1.47 bits per heavy atom. The van der Waals surface area contributed by atoms with Crippen molar-refractivity contribution in [2.45, 2.75) is 78.0 Å². The molecule has 116 valence electrons. The van der Waals surface area contributed by atoms with Crippen LogP contribution in [-0.4, -0.2) is 48.5 Å². The van der Waals surface area contributed by atoms with Crippen molar-refractivity contribution in [3.63, 3.8) is 0 Å². The zero-order chi connectivity index (χ0) is 14.8. The molecule has 0 fully saturated rings. The second-order valence-corrected chi connectivity index (χ2v) is 27.0. The van der Waals surface area contributed by atoms with E-state index in [9.17, 15) is 3.44 Å². The van der Waals surface area contributed by atoms with Gasteiger partial charge in [-0.15, -0.1) is 0 Å². The Balaban J connectivity index is 4.99. The van der Waals surface area contributed by atoms with Crippen molar-refractivity contribution >= 4 is 38.4 Å². The third-order valence-corrected chi connectivity index (χ3v) is 36.7. The van der Waals surface area contributed by atoms with E-state index in [-0.39, 0.29) is 0 Å². The van der Waals surface area contributed by atoms with Crippen LogP contribution in [0.4, 0.5) is 0 Å². The van der Waals surface area contributed by atoms with E-state index >= 15 is 0 Å². The molecule has 0 amide bonds. The van der Waals surface area contributed by atoms with E-state index in [1.807, 2.05) is 0 Å². The van der Waals surface area contributed by atoms with Gasteiger partial charge in [-0.2, -0.15) is 0 Å². The van der Waals surface area contributed by atoms with Gasteiger partial charge in [0.1, 0.15) is 0 Å². The zero-order valence-electron chi connectivity index (χ0n) is 13.6. The normalized spacial score (nSPS) is 12.9. The summed E-state index contributed by atoms with van der Waals surface area (Å²) in [7, 11) is 0. The first-order valence-electron chi connectivity index (χ1n) is 8.07. The van der Waals surface area contributed by atoms with Gasteiger partial charge in [0.2, 0.25) is 0 Å². The van der Waals surface area contributed by atoms with Crippen molar-refractivity contribution in [1.29, 1.82) is 0 Å². The second-order valence-electron chi connectivity index (χ2n) is 5.39. The summed E-state index contributed by atoms with van der Waals surface area (Å²) in [5.41, 5.74) is 0. The quantitative estimate of drug-likeness (QED) is 0.410. The van der Waals surface area contributed by atoms with Crippen LogP contribution in [0.1, 0.15) is 60.3 Å². The maximum absolute atomic E-state index is 11.0. The van der Waals surface area contributed by atoms with Crippen LogP contribution in [0.2, 0.25) is 17.7 Å². The van der Waals surface area contributed by atoms with Crippen LogP contribution < -0.4 is 0 Å². The fourth-order valence-electron chi connectivity index (χ4n) is 2.78. The first kappa shape index (κ1) is 20.5. The number of hydrogen-bond acceptors (Lipinski definition) is 3. The fourth-order valence-corrected chi connectivity index (χ4v) is 40.9. The molecule has 1 N–H and O–H groups in total. The van der Waals surface area contributed by atoms with E-state index < -0.39 is 38.4 Å². The summed E-state index contributed by atoms with van der Waals surface area (Å²) in [6, 6.07) is 0. The molecule has 3 nitrogen and oxygen atoms in total. The molecule has 0 saturated carbocycles. The van der Waals surface area contributed by atoms with Gasteiger partial charge in [0.15, 0.2) is 0 Å². The molecule has 0 aromatic heterocycles. The zero-order valence-corrected chi connectivity index (χ0v) is 19.3. The molecule has 0 aliphatic heterocycles. The molecule has 0 radical (unpaired) electrons. The molecule has 19 heavy (non-hydrogen) atoms. The summed E-state index contributed by atoms with van der Waals surface area (Å²) in [6.07, 6.45) is 4.32. The molecular formula is C14H34O3Sn2. The van der Waals surface area contributed by atoms with E-state index in [4.69, 9.17) is 4.49 Å². The Hall–Kier alpha value is 1.48. The molecule has 0 aliphatic carbocycles. The summed E-state index contributed by atoms with van der Waals surface area (Å²) in [5, 5.41) is 0. The van der Waals surface area contributed by atoms with Crippen LogP contribution in [0, 0.1) is 0 Å². The van der Waals surface area contributed by atoms with Crippen molar-refractivity contribution in [1.82, 2.24) is 0 Å². The van der Waals surface area contributed by atoms with E-state index in [1.54, 1.807) is 0 Å². The van der Waals surface area contributed by atoms with Crippen molar-refractivity contribution in [3.05, 3.63) is 0 Å². The van der Waals surface area contributed by atoms with E-state index in [0.29, 0.717) is 0 Å². The molecule has 0 spiro atoms. The van der Waals surface area contributed by atoms with Gasteiger partial charge in [-0.05, 0) is 0 Å². The summed E-state index contributed by atoms with van der Waals surface area (Å²) < 4.78 is 27.8. The Bertz CT molecular complexity index is 202. The van der Waals surface area contributed by atoms with Crippen molar-refractivity contribution in [2.75, 3.05) is 6.61 Å². The van der Waals surface area contributed by atoms with Gasteiger partial charge in [0, 0.05) is 0 Å². The third kappa shape index (κ3) is 7.88. The molecule has 0 rings (SSSR count). The SMILES string of the molecule is CC[CH2][Sn]([OH])([CH2]CC)[O][Sn]([CH2]CC)([CH2]CC)[O]CC. The summed E-state index contributed by atoms with van der Waals surface area (Å²) >= 11 is -6.34. The first-order valence-corrected chi connectivity index (χ1v) is 20.9. The van der Waals surface area contributed by atoms with Gasteiger partial charge in [-0.3, -0.25) is 0 Å². The topological polar surface area (TPSA) is 38.7 Å². The maximum atomic E-state index is 11.0. The van der Waals surface area contributed by atoms with Crippen LogP contribution in [0.3, 0.4) is 0 Å². The van der Waals surface area contributed by atoms with Gasteiger partial charge >= 0.3 is 131 Å². The Morgan fingerprint density at radius 2 is 1.16 bits per heavy atom. The number of rotatable bonds is 12. The third-order valence-electron chi connectivity index (χ3n) is 3.33. The minimum atomic E-state index is -3.34. The Kier molecular flexibility index (Phi) is 12.0. The predicted molar refractivity (Wildman–Crippen MR) is 86.8 cm³/mol. The second kappa shape index (κ2) is 11.1. The van der Waals surface area contributed by atoms with Crippen molar-refractivity contribution in [3.8, 4) is 0 Å². The molecule has 0 bridgehead atoms. The van der Waals surface area contributed by atoms with Crippen LogP contribution in [-0.2, 0) is 4.49 Å². The van der Waals surface area contributed by atoms with E-state index in [2.05, 4.69) is 34.6 Å². The molecular weight excluding hydrogens is 454 g/mol. The molecule has 5 heteroatoms. The summed E-state index contributed by atoms with van der Waals surface area (Å²) in [4.78, 5) is 0. The standard InChI is InChI=1S/4C3H7.C2H5O.H2O.O.2Sn/c4*1-3-2;1-2-3;;;;/h4*1,3H2,2H3;2H2,1H3;1H2;;;/q;;;;-1;;;2*+1/p-1. The fraction of sp³-hybridized carbons (Fsp3) is 1.00. The van der Waals surface area contributed by atoms with Crippen molar-refractivity contribution in [2.24, 2.45) is 0 Å². The molecule has 0 aromatic carbocycles. The molecule has 0 saturated heterocycles. The van der Waals surface area contributed by atoms with E-state index in [1.165, 1.54) is 0 Å². The summed E-state index contributed by atoms with van der Waals surface area (Å²) in [5.74, 6) is 0. The monoisotopic (exact) mass is 490 g/mol. The van der Waals surface area contributed by atoms with Gasteiger partial charge < -0.3 is 0 Å². The van der Waals surface area contributed by atoms with Gasteiger partial charge in [0.25, 0.3) is 0 Å². The van der Waals surface area contributed by atoms with E-state index in [0.717, 1.165) is 50.0 Å². The van der Waals surface area contributed by atoms with Gasteiger partial charge in [-0.25, -0.2) is 0 Å².